The first kappa shape index (κ1) is 11.0. The van der Waals surface area contributed by atoms with Crippen molar-refractivity contribution in [2.45, 2.75) is 20.8 Å². The van der Waals surface area contributed by atoms with E-state index in [-0.39, 0.29) is 17.1 Å². The summed E-state index contributed by atoms with van der Waals surface area (Å²) in [5.41, 5.74) is -0.387. The molecule has 0 rings (SSSR count). The molecule has 0 saturated carbocycles. The molecule has 0 aliphatic rings. The minimum absolute atomic E-state index is 0.0128. The molecular formula is C9H16O3. The summed E-state index contributed by atoms with van der Waals surface area (Å²) >= 11 is 0. The van der Waals surface area contributed by atoms with E-state index in [2.05, 4.69) is 0 Å². The molecule has 0 spiro atoms. The van der Waals surface area contributed by atoms with Crippen LogP contribution in [0.2, 0.25) is 0 Å². The largest absolute Gasteiger partial charge is 0.469 e. The van der Waals surface area contributed by atoms with Crippen molar-refractivity contribution in [3.63, 3.8) is 0 Å². The van der Waals surface area contributed by atoms with Crippen molar-refractivity contribution >= 4 is 5.78 Å². The Labute approximate surface area is 73.4 Å². The predicted molar refractivity (Wildman–Crippen MR) is 46.6 cm³/mol. The maximum absolute atomic E-state index is 11.4. The SMILES string of the molecule is COC(=CC(=O)C(C)(C)C)OC. The van der Waals surface area contributed by atoms with Crippen molar-refractivity contribution in [1.29, 1.82) is 0 Å². The number of hydrogen-bond donors (Lipinski definition) is 0. The number of ketones is 1. The van der Waals surface area contributed by atoms with Gasteiger partial charge in [0.25, 0.3) is 5.95 Å². The maximum Gasteiger partial charge on any atom is 0.282 e. The lowest BCUT2D eigenvalue weighted by molar-refractivity contribution is -0.121. The first-order valence-corrected chi connectivity index (χ1v) is 3.76. The van der Waals surface area contributed by atoms with E-state index in [1.165, 1.54) is 20.3 Å². The summed E-state index contributed by atoms with van der Waals surface area (Å²) in [6.45, 7) is 5.53. The summed E-state index contributed by atoms with van der Waals surface area (Å²) in [7, 11) is 2.93. The van der Waals surface area contributed by atoms with Crippen molar-refractivity contribution in [3.05, 3.63) is 12.0 Å². The van der Waals surface area contributed by atoms with Gasteiger partial charge in [-0.15, -0.1) is 0 Å². The van der Waals surface area contributed by atoms with E-state index in [1.54, 1.807) is 0 Å². The fraction of sp³-hybridized carbons (Fsp3) is 0.667. The van der Waals surface area contributed by atoms with Crippen LogP contribution in [0.5, 0.6) is 0 Å². The highest BCUT2D eigenvalue weighted by molar-refractivity contribution is 5.94. The lowest BCUT2D eigenvalue weighted by Gasteiger charge is -2.13. The van der Waals surface area contributed by atoms with Gasteiger partial charge in [-0.3, -0.25) is 4.79 Å². The third kappa shape index (κ3) is 3.42. The molecule has 0 unspecified atom stereocenters. The second-order valence-corrected chi connectivity index (χ2v) is 3.49. The summed E-state index contributed by atoms with van der Waals surface area (Å²) in [6, 6.07) is 0. The van der Waals surface area contributed by atoms with Gasteiger partial charge in [-0.25, -0.2) is 0 Å². The Kier molecular flexibility index (Phi) is 3.80. The highest BCUT2D eigenvalue weighted by Gasteiger charge is 2.20. The summed E-state index contributed by atoms with van der Waals surface area (Å²) in [5.74, 6) is 0.233. The van der Waals surface area contributed by atoms with Crippen LogP contribution >= 0.6 is 0 Å². The molecule has 70 valence electrons. The Balaban J connectivity index is 4.42. The average Bonchev–Trinajstić information content (AvgIpc) is 1.97. The molecule has 0 N–H and O–H groups in total. The molecule has 0 atom stereocenters. The Morgan fingerprint density at radius 2 is 1.58 bits per heavy atom. The van der Waals surface area contributed by atoms with Gasteiger partial charge < -0.3 is 9.47 Å². The van der Waals surface area contributed by atoms with Gasteiger partial charge in [-0.05, 0) is 0 Å². The minimum atomic E-state index is -0.387. The van der Waals surface area contributed by atoms with Gasteiger partial charge in [-0.1, -0.05) is 20.8 Å². The number of allylic oxidation sites excluding steroid dienone is 1. The van der Waals surface area contributed by atoms with Gasteiger partial charge in [0, 0.05) is 5.41 Å². The van der Waals surface area contributed by atoms with Crippen LogP contribution in [0.4, 0.5) is 0 Å². The third-order valence-electron chi connectivity index (χ3n) is 1.39. The van der Waals surface area contributed by atoms with Crippen LogP contribution in [0.15, 0.2) is 12.0 Å². The maximum atomic E-state index is 11.4. The van der Waals surface area contributed by atoms with Crippen molar-refractivity contribution in [1.82, 2.24) is 0 Å². The highest BCUT2D eigenvalue weighted by atomic mass is 16.7. The highest BCUT2D eigenvalue weighted by Crippen LogP contribution is 2.16. The van der Waals surface area contributed by atoms with Gasteiger partial charge in [0.15, 0.2) is 5.78 Å². The van der Waals surface area contributed by atoms with Gasteiger partial charge >= 0.3 is 0 Å². The number of carbonyl (C=O) groups excluding carboxylic acids is 1. The van der Waals surface area contributed by atoms with Crippen molar-refractivity contribution in [3.8, 4) is 0 Å². The Morgan fingerprint density at radius 1 is 1.17 bits per heavy atom. The molecule has 3 nitrogen and oxygen atoms in total. The van der Waals surface area contributed by atoms with E-state index in [4.69, 9.17) is 9.47 Å². The van der Waals surface area contributed by atoms with Gasteiger partial charge in [0.2, 0.25) is 0 Å². The van der Waals surface area contributed by atoms with Gasteiger partial charge in [0.05, 0.1) is 20.3 Å². The molecule has 0 amide bonds. The second kappa shape index (κ2) is 4.14. The van der Waals surface area contributed by atoms with E-state index in [0.717, 1.165) is 0 Å². The molecule has 0 radical (unpaired) electrons. The zero-order valence-corrected chi connectivity index (χ0v) is 8.30. The number of methoxy groups -OCH3 is 2. The topological polar surface area (TPSA) is 35.5 Å². The quantitative estimate of drug-likeness (QED) is 0.480. The number of ether oxygens (including phenoxy) is 2. The normalized spacial score (nSPS) is 10.4. The van der Waals surface area contributed by atoms with E-state index < -0.39 is 0 Å². The smallest absolute Gasteiger partial charge is 0.282 e. The first-order chi connectivity index (χ1) is 5.41. The van der Waals surface area contributed by atoms with Crippen molar-refractivity contribution in [2.75, 3.05) is 14.2 Å². The Bertz CT molecular complexity index is 180. The molecule has 0 aromatic carbocycles. The number of carbonyl (C=O) groups is 1. The fourth-order valence-corrected chi connectivity index (χ4v) is 0.525. The number of hydrogen-bond acceptors (Lipinski definition) is 3. The molecule has 0 bridgehead atoms. The molecule has 3 heteroatoms. The zero-order chi connectivity index (χ0) is 9.78. The molecule has 0 aromatic heterocycles. The van der Waals surface area contributed by atoms with E-state index in [1.807, 2.05) is 20.8 Å². The van der Waals surface area contributed by atoms with Crippen LogP contribution in [-0.4, -0.2) is 20.0 Å². The standard InChI is InChI=1S/C9H16O3/c1-9(2,3)7(10)6-8(11-4)12-5/h6H,1-5H3. The Morgan fingerprint density at radius 3 is 1.83 bits per heavy atom. The Hall–Kier alpha value is -0.990. The lowest BCUT2D eigenvalue weighted by Crippen LogP contribution is -2.18. The fourth-order valence-electron chi connectivity index (χ4n) is 0.525. The summed E-state index contributed by atoms with van der Waals surface area (Å²) in [4.78, 5) is 11.4. The van der Waals surface area contributed by atoms with Gasteiger partial charge in [0.1, 0.15) is 0 Å². The average molecular weight is 172 g/mol. The van der Waals surface area contributed by atoms with Crippen LogP contribution in [0, 0.1) is 5.41 Å². The molecule has 0 aromatic rings. The molecule has 0 saturated heterocycles. The third-order valence-corrected chi connectivity index (χ3v) is 1.39. The van der Waals surface area contributed by atoms with Crippen LogP contribution in [-0.2, 0) is 14.3 Å². The summed E-state index contributed by atoms with van der Waals surface area (Å²) < 4.78 is 9.57. The van der Waals surface area contributed by atoms with Crippen LogP contribution < -0.4 is 0 Å². The van der Waals surface area contributed by atoms with E-state index in [0.29, 0.717) is 0 Å². The van der Waals surface area contributed by atoms with Crippen molar-refractivity contribution in [2.24, 2.45) is 5.41 Å². The molecule has 0 fully saturated rings. The molecular weight excluding hydrogens is 156 g/mol. The monoisotopic (exact) mass is 172 g/mol. The summed E-state index contributed by atoms with van der Waals surface area (Å²) in [5, 5.41) is 0. The second-order valence-electron chi connectivity index (χ2n) is 3.49. The summed E-state index contributed by atoms with van der Waals surface area (Å²) in [6.07, 6.45) is 1.36. The first-order valence-electron chi connectivity index (χ1n) is 3.76. The van der Waals surface area contributed by atoms with E-state index in [9.17, 15) is 4.79 Å². The molecule has 0 aliphatic heterocycles. The molecule has 0 heterocycles. The van der Waals surface area contributed by atoms with Crippen LogP contribution in [0.1, 0.15) is 20.8 Å². The minimum Gasteiger partial charge on any atom is -0.469 e. The van der Waals surface area contributed by atoms with Gasteiger partial charge in [-0.2, -0.15) is 0 Å². The van der Waals surface area contributed by atoms with Crippen molar-refractivity contribution < 1.29 is 14.3 Å². The predicted octanol–water partition coefficient (Wildman–Crippen LogP) is 1.74. The van der Waals surface area contributed by atoms with Crippen LogP contribution in [0.3, 0.4) is 0 Å². The molecule has 12 heavy (non-hydrogen) atoms. The van der Waals surface area contributed by atoms with E-state index >= 15 is 0 Å². The molecule has 0 aliphatic carbocycles. The van der Waals surface area contributed by atoms with Crippen LogP contribution in [0.25, 0.3) is 0 Å². The lowest BCUT2D eigenvalue weighted by atomic mass is 9.91. The number of rotatable bonds is 3. The zero-order valence-electron chi connectivity index (χ0n) is 8.30.